The zero-order chi connectivity index (χ0) is 19.8. The van der Waals surface area contributed by atoms with Crippen LogP contribution in [0.25, 0.3) is 0 Å². The lowest BCUT2D eigenvalue weighted by molar-refractivity contribution is 0.491. The summed E-state index contributed by atoms with van der Waals surface area (Å²) in [6, 6.07) is 4.47. The molecule has 0 radical (unpaired) electrons. The van der Waals surface area contributed by atoms with Gasteiger partial charge in [-0.25, -0.2) is 0 Å². The predicted molar refractivity (Wildman–Crippen MR) is 119 cm³/mol. The molecule has 0 aliphatic heterocycles. The van der Waals surface area contributed by atoms with E-state index in [0.717, 1.165) is 12.3 Å². The van der Waals surface area contributed by atoms with Gasteiger partial charge in [-0.3, -0.25) is 0 Å². The molecule has 0 amide bonds. The van der Waals surface area contributed by atoms with Gasteiger partial charge in [0, 0.05) is 12.3 Å². The van der Waals surface area contributed by atoms with Crippen LogP contribution in [0.1, 0.15) is 94.6 Å². The summed E-state index contributed by atoms with van der Waals surface area (Å²) in [6.07, 6.45) is 2.18. The molecule has 146 valence electrons. The number of hydrogen-bond acceptors (Lipinski definition) is 1. The van der Waals surface area contributed by atoms with Gasteiger partial charge in [0.15, 0.2) is 0 Å². The Labute approximate surface area is 160 Å². The van der Waals surface area contributed by atoms with Gasteiger partial charge in [-0.05, 0) is 32.8 Å². The Bertz CT molecular complexity index is 468. The third-order valence-corrected chi connectivity index (χ3v) is 12.3. The number of hydrogen-bond donors (Lipinski definition) is 0. The van der Waals surface area contributed by atoms with E-state index < -0.39 is 0 Å². The van der Waals surface area contributed by atoms with Gasteiger partial charge in [-0.1, -0.05) is 98.9 Å². The maximum atomic E-state index is 6.36. The molecule has 0 spiro atoms. The molecule has 25 heavy (non-hydrogen) atoms. The van der Waals surface area contributed by atoms with Crippen LogP contribution in [0.5, 0.6) is 0 Å². The van der Waals surface area contributed by atoms with Crippen LogP contribution >= 0.6 is 15.8 Å². The summed E-state index contributed by atoms with van der Waals surface area (Å²) in [5.74, 6) is 2.37. The lowest BCUT2D eigenvalue weighted by Gasteiger charge is -2.41. The molecule has 0 N–H and O–H groups in total. The topological polar surface area (TPSA) is 13.1 Å². The SMILES string of the molecule is CC(C)(C)P(Cc1ccc(CP(C(C)(C)C)C(C)(C)C)o1)C(C)(C)C. The first-order valence-electron chi connectivity index (χ1n) is 9.55. The van der Waals surface area contributed by atoms with Crippen LogP contribution in [0, 0.1) is 0 Å². The minimum absolute atomic E-state index is 0.160. The van der Waals surface area contributed by atoms with Crippen molar-refractivity contribution < 1.29 is 4.42 Å². The summed E-state index contributed by atoms with van der Waals surface area (Å²) >= 11 is 0. The zero-order valence-corrected chi connectivity index (χ0v) is 20.7. The Morgan fingerprint density at radius 3 is 1.00 bits per heavy atom. The molecule has 0 unspecified atom stereocenters. The minimum atomic E-state index is -0.160. The summed E-state index contributed by atoms with van der Waals surface area (Å²) in [5.41, 5.74) is 0. The lowest BCUT2D eigenvalue weighted by Crippen LogP contribution is -2.26. The second-order valence-corrected chi connectivity index (χ2v) is 18.9. The van der Waals surface area contributed by atoms with Crippen molar-refractivity contribution in [2.45, 2.75) is 116 Å². The molecule has 0 saturated carbocycles. The van der Waals surface area contributed by atoms with Gasteiger partial charge < -0.3 is 4.42 Å². The smallest absolute Gasteiger partial charge is 0.108 e. The molecule has 1 aromatic heterocycles. The Morgan fingerprint density at radius 1 is 0.560 bits per heavy atom. The summed E-state index contributed by atoms with van der Waals surface area (Å²) < 4.78 is 6.36. The third-order valence-electron chi connectivity index (χ3n) is 4.58. The molecule has 0 fully saturated rings. The van der Waals surface area contributed by atoms with Gasteiger partial charge >= 0.3 is 0 Å². The first-order chi connectivity index (χ1) is 10.9. The van der Waals surface area contributed by atoms with Crippen molar-refractivity contribution in [1.82, 2.24) is 0 Å². The average Bonchev–Trinajstić information content (AvgIpc) is 2.75. The van der Waals surface area contributed by atoms with Crippen molar-refractivity contribution in [1.29, 1.82) is 0 Å². The molecule has 1 nitrogen and oxygen atoms in total. The van der Waals surface area contributed by atoms with E-state index in [-0.39, 0.29) is 15.8 Å². The van der Waals surface area contributed by atoms with Crippen molar-refractivity contribution in [2.75, 3.05) is 0 Å². The van der Waals surface area contributed by atoms with Crippen molar-refractivity contribution >= 4 is 15.8 Å². The molecule has 1 heterocycles. The summed E-state index contributed by atoms with van der Waals surface area (Å²) in [4.78, 5) is 0. The van der Waals surface area contributed by atoms with Crippen molar-refractivity contribution in [3.8, 4) is 0 Å². The van der Waals surface area contributed by atoms with E-state index in [1.54, 1.807) is 0 Å². The van der Waals surface area contributed by atoms with Crippen LogP contribution in [0.3, 0.4) is 0 Å². The van der Waals surface area contributed by atoms with Crippen molar-refractivity contribution in [3.63, 3.8) is 0 Å². The Kier molecular flexibility index (Phi) is 7.08. The molecule has 0 aliphatic carbocycles. The van der Waals surface area contributed by atoms with Crippen molar-refractivity contribution in [2.24, 2.45) is 0 Å². The van der Waals surface area contributed by atoms with Crippen molar-refractivity contribution in [3.05, 3.63) is 23.7 Å². The van der Waals surface area contributed by atoms with Crippen LogP contribution < -0.4 is 0 Å². The number of rotatable bonds is 4. The van der Waals surface area contributed by atoms with E-state index in [9.17, 15) is 0 Å². The molecule has 1 aromatic rings. The van der Waals surface area contributed by atoms with Gasteiger partial charge in [0.1, 0.15) is 11.5 Å². The van der Waals surface area contributed by atoms with Crippen LogP contribution in [0.4, 0.5) is 0 Å². The maximum Gasteiger partial charge on any atom is 0.108 e. The summed E-state index contributed by atoms with van der Waals surface area (Å²) in [6.45, 7) is 28.6. The fourth-order valence-corrected chi connectivity index (χ4v) is 10.8. The quantitative estimate of drug-likeness (QED) is 0.475. The highest BCUT2D eigenvalue weighted by Gasteiger charge is 2.36. The zero-order valence-electron chi connectivity index (χ0n) is 18.9. The van der Waals surface area contributed by atoms with E-state index >= 15 is 0 Å². The molecular weight excluding hydrogens is 342 g/mol. The predicted octanol–water partition coefficient (Wildman–Crippen LogP) is 8.44. The fourth-order valence-electron chi connectivity index (χ4n) is 3.87. The Morgan fingerprint density at radius 2 is 0.800 bits per heavy atom. The Hall–Kier alpha value is 0.140. The van der Waals surface area contributed by atoms with Gasteiger partial charge in [0.2, 0.25) is 0 Å². The molecule has 3 heteroatoms. The normalized spacial score (nSPS) is 14.6. The van der Waals surface area contributed by atoms with Gasteiger partial charge in [0.05, 0.1) is 0 Å². The van der Waals surface area contributed by atoms with E-state index in [1.807, 2.05) is 0 Å². The summed E-state index contributed by atoms with van der Waals surface area (Å²) in [7, 11) is -0.319. The van der Waals surface area contributed by atoms with Crippen LogP contribution in [0.2, 0.25) is 0 Å². The molecule has 0 bridgehead atoms. The van der Waals surface area contributed by atoms with Crippen LogP contribution in [-0.2, 0) is 12.3 Å². The largest absolute Gasteiger partial charge is 0.465 e. The highest BCUT2D eigenvalue weighted by molar-refractivity contribution is 7.60. The summed E-state index contributed by atoms with van der Waals surface area (Å²) in [5, 5.41) is 1.35. The molecule has 0 saturated heterocycles. The first kappa shape index (κ1) is 23.2. The fraction of sp³-hybridized carbons (Fsp3) is 0.818. The molecular formula is C22H42OP2. The minimum Gasteiger partial charge on any atom is -0.465 e. The standard InChI is InChI=1S/C22H42OP2/c1-19(2,3)24(20(4,5)6)15-17-13-14-18(23-17)16-25(21(7,8)9)22(10,11)12/h13-14H,15-16H2,1-12H3. The van der Waals surface area contributed by atoms with E-state index in [4.69, 9.17) is 4.42 Å². The molecule has 1 rings (SSSR count). The monoisotopic (exact) mass is 384 g/mol. The molecule has 0 aliphatic rings. The van der Waals surface area contributed by atoms with Gasteiger partial charge in [-0.15, -0.1) is 0 Å². The van der Waals surface area contributed by atoms with Crippen LogP contribution in [-0.4, -0.2) is 20.6 Å². The average molecular weight is 385 g/mol. The van der Waals surface area contributed by atoms with E-state index in [0.29, 0.717) is 20.6 Å². The van der Waals surface area contributed by atoms with E-state index in [2.05, 4.69) is 95.2 Å². The second kappa shape index (κ2) is 7.64. The number of furan rings is 1. The Balaban J connectivity index is 2.99. The van der Waals surface area contributed by atoms with Gasteiger partial charge in [-0.2, -0.15) is 0 Å². The second-order valence-electron chi connectivity index (χ2n) is 11.2. The van der Waals surface area contributed by atoms with Gasteiger partial charge in [0.25, 0.3) is 0 Å². The maximum absolute atomic E-state index is 6.36. The van der Waals surface area contributed by atoms with Crippen LogP contribution in [0.15, 0.2) is 16.5 Å². The van der Waals surface area contributed by atoms with E-state index in [1.165, 1.54) is 11.5 Å². The first-order valence-corrected chi connectivity index (χ1v) is 12.6. The highest BCUT2D eigenvalue weighted by Crippen LogP contribution is 2.63. The lowest BCUT2D eigenvalue weighted by atomic mass is 10.2. The highest BCUT2D eigenvalue weighted by atomic mass is 31.1. The molecule has 0 atom stereocenters. The molecule has 0 aromatic carbocycles. The third kappa shape index (κ3) is 6.99.